The van der Waals surface area contributed by atoms with Gasteiger partial charge in [-0.15, -0.1) is 4.40 Å². The summed E-state index contributed by atoms with van der Waals surface area (Å²) in [5, 5.41) is 0.567. The average Bonchev–Trinajstić information content (AvgIpc) is 2.76. The standard InChI is InChI=1S/C11H6Cl2N2O3S3/c12-9-7(20-14-10(9)13)5-18-11-15-21(16,17)8-4-2-1-3-6(8)19-11/h1-4H,5H2. The highest BCUT2D eigenvalue weighted by atomic mass is 35.5. The molecule has 0 fully saturated rings. The lowest BCUT2D eigenvalue weighted by Gasteiger charge is -2.15. The van der Waals surface area contributed by atoms with E-state index >= 15 is 0 Å². The van der Waals surface area contributed by atoms with Crippen LogP contribution in [0.25, 0.3) is 0 Å². The van der Waals surface area contributed by atoms with E-state index in [4.69, 9.17) is 27.9 Å². The van der Waals surface area contributed by atoms with Gasteiger partial charge in [-0.3, -0.25) is 0 Å². The summed E-state index contributed by atoms with van der Waals surface area (Å²) in [6.45, 7) is 0.0622. The average molecular weight is 381 g/mol. The van der Waals surface area contributed by atoms with Gasteiger partial charge >= 0.3 is 0 Å². The first-order valence-electron chi connectivity index (χ1n) is 5.51. The monoisotopic (exact) mass is 380 g/mol. The van der Waals surface area contributed by atoms with Crippen molar-refractivity contribution in [1.82, 2.24) is 4.37 Å². The predicted octanol–water partition coefficient (Wildman–Crippen LogP) is 3.82. The maximum Gasteiger partial charge on any atom is 0.287 e. The third-order valence-corrected chi connectivity index (χ3v) is 6.84. The van der Waals surface area contributed by atoms with E-state index in [1.165, 1.54) is 6.07 Å². The molecule has 0 N–H and O–H groups in total. The van der Waals surface area contributed by atoms with Gasteiger partial charge in [0.1, 0.15) is 11.5 Å². The molecule has 2 aromatic rings. The predicted molar refractivity (Wildman–Crippen MR) is 83.8 cm³/mol. The van der Waals surface area contributed by atoms with Gasteiger partial charge in [-0.1, -0.05) is 35.3 Å². The number of thioether (sulfide) groups is 1. The van der Waals surface area contributed by atoms with Crippen LogP contribution < -0.4 is 0 Å². The van der Waals surface area contributed by atoms with Crippen LogP contribution in [0.2, 0.25) is 10.2 Å². The van der Waals surface area contributed by atoms with Gasteiger partial charge in [0.2, 0.25) is 0 Å². The van der Waals surface area contributed by atoms with Crippen molar-refractivity contribution in [2.24, 2.45) is 4.40 Å². The molecular weight excluding hydrogens is 375 g/mol. The molecule has 0 aliphatic carbocycles. The highest BCUT2D eigenvalue weighted by Crippen LogP contribution is 2.35. The summed E-state index contributed by atoms with van der Waals surface area (Å²) in [6.07, 6.45) is 0. The summed E-state index contributed by atoms with van der Waals surface area (Å²) in [5.74, 6) is 0. The summed E-state index contributed by atoms with van der Waals surface area (Å²) >= 11 is 13.9. The van der Waals surface area contributed by atoms with Crippen molar-refractivity contribution in [2.75, 3.05) is 0 Å². The van der Waals surface area contributed by atoms with Gasteiger partial charge in [-0.25, -0.2) is 0 Å². The van der Waals surface area contributed by atoms with Gasteiger partial charge in [0.05, 0.1) is 9.90 Å². The number of fused-ring (bicyclic) bond motifs is 1. The minimum Gasteiger partial charge on any atom is -0.466 e. The topological polar surface area (TPSA) is 68.6 Å². The smallest absolute Gasteiger partial charge is 0.287 e. The minimum absolute atomic E-state index is 0.0503. The van der Waals surface area contributed by atoms with Crippen LogP contribution >= 0.6 is 46.5 Å². The van der Waals surface area contributed by atoms with Crippen molar-refractivity contribution in [1.29, 1.82) is 0 Å². The van der Waals surface area contributed by atoms with Gasteiger partial charge in [-0.05, 0) is 35.4 Å². The Hall–Kier alpha value is -0.800. The molecule has 0 amide bonds. The normalized spacial score (nSPS) is 16.2. The first-order chi connectivity index (χ1) is 9.97. The van der Waals surface area contributed by atoms with Crippen LogP contribution in [0.1, 0.15) is 4.88 Å². The molecule has 1 aromatic heterocycles. The number of hydrogen-bond donors (Lipinski definition) is 0. The Morgan fingerprint density at radius 1 is 1.24 bits per heavy atom. The van der Waals surface area contributed by atoms with Gasteiger partial charge in [0, 0.05) is 4.90 Å². The molecule has 1 aliphatic rings. The van der Waals surface area contributed by atoms with Crippen LogP contribution in [-0.2, 0) is 21.4 Å². The number of nitrogens with zero attached hydrogens (tertiary/aromatic N) is 2. The summed E-state index contributed by atoms with van der Waals surface area (Å²) in [5.41, 5.74) is 0. The fourth-order valence-electron chi connectivity index (χ4n) is 1.57. The highest BCUT2D eigenvalue weighted by molar-refractivity contribution is 8.15. The molecule has 0 spiro atoms. The molecular formula is C11H6Cl2N2O3S3. The summed E-state index contributed by atoms with van der Waals surface area (Å²) in [7, 11) is -3.73. The molecule has 21 heavy (non-hydrogen) atoms. The number of rotatable bonds is 2. The van der Waals surface area contributed by atoms with Crippen molar-refractivity contribution in [3.63, 3.8) is 0 Å². The minimum atomic E-state index is -3.73. The molecule has 2 heterocycles. The Kier molecular flexibility index (Phi) is 4.15. The maximum atomic E-state index is 12.0. The van der Waals surface area contributed by atoms with Crippen molar-refractivity contribution in [3.05, 3.63) is 39.3 Å². The van der Waals surface area contributed by atoms with E-state index in [9.17, 15) is 8.42 Å². The molecule has 3 rings (SSSR count). The lowest BCUT2D eigenvalue weighted by molar-refractivity contribution is 0.306. The SMILES string of the molecule is O=S1(=O)N=C(OCc2snc(Cl)c2Cl)Sc2ccccc21. The second-order valence-corrected chi connectivity index (χ2v) is 8.04. The Morgan fingerprint density at radius 3 is 2.71 bits per heavy atom. The Bertz CT molecular complexity index is 833. The molecule has 0 unspecified atom stereocenters. The van der Waals surface area contributed by atoms with E-state index in [1.807, 2.05) is 0 Å². The zero-order valence-electron chi connectivity index (χ0n) is 10.1. The lowest BCUT2D eigenvalue weighted by Crippen LogP contribution is -2.11. The molecule has 0 radical (unpaired) electrons. The van der Waals surface area contributed by atoms with Crippen LogP contribution in [0.3, 0.4) is 0 Å². The third kappa shape index (κ3) is 3.04. The van der Waals surface area contributed by atoms with Crippen molar-refractivity contribution in [3.8, 4) is 0 Å². The van der Waals surface area contributed by atoms with E-state index in [1.54, 1.807) is 18.2 Å². The van der Waals surface area contributed by atoms with Gasteiger partial charge < -0.3 is 4.74 Å². The molecule has 110 valence electrons. The molecule has 1 aliphatic heterocycles. The Morgan fingerprint density at radius 2 is 2.00 bits per heavy atom. The second kappa shape index (κ2) is 5.77. The van der Waals surface area contributed by atoms with Crippen LogP contribution in [0.15, 0.2) is 38.5 Å². The summed E-state index contributed by atoms with van der Waals surface area (Å²) in [6, 6.07) is 6.62. The van der Waals surface area contributed by atoms with Crippen molar-refractivity contribution < 1.29 is 13.2 Å². The molecule has 0 saturated carbocycles. The first kappa shape index (κ1) is 15.1. The van der Waals surface area contributed by atoms with E-state index in [-0.39, 0.29) is 21.9 Å². The van der Waals surface area contributed by atoms with E-state index in [0.29, 0.717) is 14.8 Å². The number of benzene rings is 1. The quantitative estimate of drug-likeness (QED) is 0.791. The van der Waals surface area contributed by atoms with Crippen LogP contribution in [0.4, 0.5) is 0 Å². The van der Waals surface area contributed by atoms with Gasteiger partial charge in [0.25, 0.3) is 15.3 Å². The maximum absolute atomic E-state index is 12.0. The number of aromatic nitrogens is 1. The van der Waals surface area contributed by atoms with E-state index < -0.39 is 10.0 Å². The highest BCUT2D eigenvalue weighted by Gasteiger charge is 2.26. The lowest BCUT2D eigenvalue weighted by atomic mass is 10.4. The Labute approximate surface area is 139 Å². The number of halogens is 2. The fourth-order valence-corrected chi connectivity index (χ4v) is 5.09. The molecule has 5 nitrogen and oxygen atoms in total. The number of hydrogen-bond acceptors (Lipinski definition) is 6. The summed E-state index contributed by atoms with van der Waals surface area (Å²) < 4.78 is 37.0. The molecule has 0 atom stereocenters. The zero-order valence-corrected chi connectivity index (χ0v) is 14.1. The van der Waals surface area contributed by atoms with Gasteiger partial charge in [-0.2, -0.15) is 12.8 Å². The zero-order chi connectivity index (χ0) is 15.0. The van der Waals surface area contributed by atoms with Crippen LogP contribution in [-0.4, -0.2) is 18.0 Å². The first-order valence-corrected chi connectivity index (χ1v) is 9.30. The van der Waals surface area contributed by atoms with E-state index in [2.05, 4.69) is 8.77 Å². The molecule has 10 heteroatoms. The number of ether oxygens (including phenoxy) is 1. The third-order valence-electron chi connectivity index (χ3n) is 2.51. The molecule has 1 aromatic carbocycles. The molecule has 0 saturated heterocycles. The number of sulfonamides is 1. The van der Waals surface area contributed by atoms with Crippen molar-refractivity contribution in [2.45, 2.75) is 16.4 Å². The largest absolute Gasteiger partial charge is 0.466 e. The fraction of sp³-hybridized carbons (Fsp3) is 0.0909. The van der Waals surface area contributed by atoms with E-state index in [0.717, 1.165) is 23.3 Å². The van der Waals surface area contributed by atoms with Gasteiger partial charge in [0.15, 0.2) is 5.15 Å². The molecule has 0 bridgehead atoms. The van der Waals surface area contributed by atoms with Crippen molar-refractivity contribution >= 4 is 61.7 Å². The van der Waals surface area contributed by atoms with Crippen LogP contribution in [0.5, 0.6) is 0 Å². The second-order valence-electron chi connectivity index (χ2n) is 3.88. The van der Waals surface area contributed by atoms with Crippen LogP contribution in [0, 0.1) is 0 Å². The Balaban J connectivity index is 1.82. The summed E-state index contributed by atoms with van der Waals surface area (Å²) in [4.78, 5) is 1.37.